The second-order valence-electron chi connectivity index (χ2n) is 3.31. The van der Waals surface area contributed by atoms with Crippen molar-refractivity contribution >= 4 is 0 Å². The summed E-state index contributed by atoms with van der Waals surface area (Å²) in [4.78, 5) is 2.49. The van der Waals surface area contributed by atoms with E-state index < -0.39 is 12.3 Å². The molecule has 1 heterocycles. The van der Waals surface area contributed by atoms with Crippen LogP contribution in [0.25, 0.3) is 0 Å². The van der Waals surface area contributed by atoms with Crippen LogP contribution in [0.4, 0.5) is 13.2 Å². The number of allylic oxidation sites excluding steroid dienone is 2. The first-order valence-electron chi connectivity index (χ1n) is 3.96. The molecule has 1 rings (SSSR count). The van der Waals surface area contributed by atoms with E-state index in [4.69, 9.17) is 0 Å². The van der Waals surface area contributed by atoms with Crippen molar-refractivity contribution < 1.29 is 13.2 Å². The van der Waals surface area contributed by atoms with Crippen LogP contribution in [0.15, 0.2) is 11.4 Å². The first-order valence-corrected chi connectivity index (χ1v) is 3.96. The lowest BCUT2D eigenvalue weighted by atomic mass is 10.4. The highest BCUT2D eigenvalue weighted by atomic mass is 19.4. The minimum atomic E-state index is -4.21. The summed E-state index contributed by atoms with van der Waals surface area (Å²) in [6.45, 7) is 3.38. The normalized spacial score (nSPS) is 20.5. The van der Waals surface area contributed by atoms with Gasteiger partial charge in [0.15, 0.2) is 6.17 Å². The fourth-order valence-corrected chi connectivity index (χ4v) is 1.58. The summed E-state index contributed by atoms with van der Waals surface area (Å²) in [7, 11) is 2.92. The third kappa shape index (κ3) is 1.47. The lowest BCUT2D eigenvalue weighted by molar-refractivity contribution is -0.200. The topological polar surface area (TPSA) is 6.48 Å². The maximum Gasteiger partial charge on any atom is 0.427 e. The van der Waals surface area contributed by atoms with Gasteiger partial charge in [-0.1, -0.05) is 0 Å². The monoisotopic (exact) mass is 194 g/mol. The Hall–Kier alpha value is -0.870. The second kappa shape index (κ2) is 2.82. The Morgan fingerprint density at radius 3 is 1.46 bits per heavy atom. The molecule has 0 aliphatic carbocycles. The van der Waals surface area contributed by atoms with Crippen molar-refractivity contribution in [3.8, 4) is 0 Å². The molecule has 0 saturated carbocycles. The van der Waals surface area contributed by atoms with Gasteiger partial charge >= 0.3 is 6.18 Å². The predicted octanol–water partition coefficient (Wildman–Crippen LogP) is 2.00. The van der Waals surface area contributed by atoms with Crippen molar-refractivity contribution in [2.45, 2.75) is 26.2 Å². The third-order valence-corrected chi connectivity index (χ3v) is 2.61. The largest absolute Gasteiger partial charge is 0.427 e. The maximum absolute atomic E-state index is 12.5. The van der Waals surface area contributed by atoms with Gasteiger partial charge in [-0.05, 0) is 13.8 Å². The number of hydrogen-bond acceptors (Lipinski definition) is 2. The number of halogens is 3. The highest BCUT2D eigenvalue weighted by Crippen LogP contribution is 2.35. The number of alkyl halides is 3. The molecule has 1 aliphatic heterocycles. The molecule has 5 heteroatoms. The van der Waals surface area contributed by atoms with Gasteiger partial charge in [-0.3, -0.25) is 0 Å². The summed E-state index contributed by atoms with van der Waals surface area (Å²) in [5.41, 5.74) is 1.34. The molecule has 0 fully saturated rings. The highest BCUT2D eigenvalue weighted by molar-refractivity contribution is 5.16. The molecule has 0 unspecified atom stereocenters. The smallest absolute Gasteiger partial charge is 0.349 e. The van der Waals surface area contributed by atoms with Gasteiger partial charge in [-0.2, -0.15) is 13.2 Å². The number of rotatable bonds is 0. The van der Waals surface area contributed by atoms with Crippen molar-refractivity contribution in [1.82, 2.24) is 9.80 Å². The number of nitrogens with zero attached hydrogens (tertiary/aromatic N) is 2. The van der Waals surface area contributed by atoms with Crippen molar-refractivity contribution in [3.63, 3.8) is 0 Å². The van der Waals surface area contributed by atoms with Gasteiger partial charge in [0.1, 0.15) is 0 Å². The molecule has 0 amide bonds. The highest BCUT2D eigenvalue weighted by Gasteiger charge is 2.49. The fraction of sp³-hybridized carbons (Fsp3) is 0.750. The third-order valence-electron chi connectivity index (χ3n) is 2.61. The average molecular weight is 194 g/mol. The molecular weight excluding hydrogens is 181 g/mol. The molecule has 0 aromatic carbocycles. The van der Waals surface area contributed by atoms with Crippen LogP contribution in [0.2, 0.25) is 0 Å². The molecular formula is C8H13F3N2. The van der Waals surface area contributed by atoms with Gasteiger partial charge in [-0.25, -0.2) is 0 Å². The zero-order chi connectivity index (χ0) is 10.4. The molecule has 2 nitrogen and oxygen atoms in total. The Kier molecular flexibility index (Phi) is 2.21. The second-order valence-corrected chi connectivity index (χ2v) is 3.31. The van der Waals surface area contributed by atoms with E-state index in [1.165, 1.54) is 23.9 Å². The van der Waals surface area contributed by atoms with E-state index in [9.17, 15) is 13.2 Å². The van der Waals surface area contributed by atoms with Crippen LogP contribution < -0.4 is 0 Å². The van der Waals surface area contributed by atoms with Gasteiger partial charge in [0.05, 0.1) is 0 Å². The van der Waals surface area contributed by atoms with E-state index in [1.807, 2.05) is 0 Å². The average Bonchev–Trinajstić information content (AvgIpc) is 2.14. The summed E-state index contributed by atoms with van der Waals surface area (Å²) < 4.78 is 37.5. The van der Waals surface area contributed by atoms with E-state index >= 15 is 0 Å². The molecule has 0 spiro atoms. The van der Waals surface area contributed by atoms with Crippen LogP contribution in [0, 0.1) is 0 Å². The van der Waals surface area contributed by atoms with Crippen LogP contribution >= 0.6 is 0 Å². The maximum atomic E-state index is 12.5. The Balaban J connectivity index is 2.97. The van der Waals surface area contributed by atoms with Crippen LogP contribution in [0.1, 0.15) is 13.8 Å². The molecule has 0 aromatic heterocycles. The van der Waals surface area contributed by atoms with E-state index in [0.717, 1.165) is 0 Å². The lowest BCUT2D eigenvalue weighted by Gasteiger charge is -2.30. The van der Waals surface area contributed by atoms with Crippen molar-refractivity contribution in [3.05, 3.63) is 11.4 Å². The minimum absolute atomic E-state index is 0.671. The van der Waals surface area contributed by atoms with Crippen LogP contribution in [-0.2, 0) is 0 Å². The van der Waals surface area contributed by atoms with Gasteiger partial charge in [0.25, 0.3) is 0 Å². The molecule has 0 saturated heterocycles. The van der Waals surface area contributed by atoms with Crippen LogP contribution in [0.5, 0.6) is 0 Å². The van der Waals surface area contributed by atoms with Crippen molar-refractivity contribution in [2.75, 3.05) is 14.1 Å². The van der Waals surface area contributed by atoms with Crippen molar-refractivity contribution in [2.24, 2.45) is 0 Å². The minimum Gasteiger partial charge on any atom is -0.349 e. The Bertz CT molecular complexity index is 226. The van der Waals surface area contributed by atoms with Gasteiger partial charge in [-0.15, -0.1) is 0 Å². The zero-order valence-electron chi connectivity index (χ0n) is 8.11. The Labute approximate surface area is 75.6 Å². The first kappa shape index (κ1) is 10.2. The first-order chi connectivity index (χ1) is 5.76. The summed E-state index contributed by atoms with van der Waals surface area (Å²) >= 11 is 0. The zero-order valence-corrected chi connectivity index (χ0v) is 8.11. The standard InChI is InChI=1S/C8H13F3N2/c1-5-6(2)13(4)7(12(5)3)8(9,10)11/h7H,1-4H3. The SMILES string of the molecule is CC1=C(C)N(C)C(C(F)(F)F)N1C. The van der Waals surface area contributed by atoms with Gasteiger partial charge in [0, 0.05) is 25.5 Å². The predicted molar refractivity (Wildman–Crippen MR) is 43.7 cm³/mol. The van der Waals surface area contributed by atoms with E-state index in [1.54, 1.807) is 13.8 Å². The summed E-state index contributed by atoms with van der Waals surface area (Å²) in [6.07, 6.45) is -5.71. The lowest BCUT2D eigenvalue weighted by Crippen LogP contribution is -2.47. The molecule has 76 valence electrons. The van der Waals surface area contributed by atoms with Crippen LogP contribution in [-0.4, -0.2) is 36.2 Å². The molecule has 0 atom stereocenters. The number of hydrogen-bond donors (Lipinski definition) is 0. The quantitative estimate of drug-likeness (QED) is 0.582. The Morgan fingerprint density at radius 2 is 1.31 bits per heavy atom. The molecule has 0 bridgehead atoms. The van der Waals surface area contributed by atoms with E-state index in [2.05, 4.69) is 0 Å². The van der Waals surface area contributed by atoms with Gasteiger partial charge in [0.2, 0.25) is 0 Å². The Morgan fingerprint density at radius 1 is 1.00 bits per heavy atom. The fourth-order valence-electron chi connectivity index (χ4n) is 1.58. The van der Waals surface area contributed by atoms with Crippen LogP contribution in [0.3, 0.4) is 0 Å². The molecule has 0 aromatic rings. The molecule has 13 heavy (non-hydrogen) atoms. The van der Waals surface area contributed by atoms with E-state index in [0.29, 0.717) is 11.4 Å². The van der Waals surface area contributed by atoms with Crippen molar-refractivity contribution in [1.29, 1.82) is 0 Å². The summed E-state index contributed by atoms with van der Waals surface area (Å²) in [5, 5.41) is 0. The van der Waals surface area contributed by atoms with E-state index in [-0.39, 0.29) is 0 Å². The molecule has 0 N–H and O–H groups in total. The summed E-state index contributed by atoms with van der Waals surface area (Å²) in [6, 6.07) is 0. The molecule has 0 radical (unpaired) electrons. The summed E-state index contributed by atoms with van der Waals surface area (Å²) in [5.74, 6) is 0. The van der Waals surface area contributed by atoms with Gasteiger partial charge < -0.3 is 9.80 Å². The molecule has 1 aliphatic rings.